The number of aliphatic hydroxyl groups is 1. The summed E-state index contributed by atoms with van der Waals surface area (Å²) >= 11 is 0. The molecular weight excluding hydrogens is 285 g/mol. The summed E-state index contributed by atoms with van der Waals surface area (Å²) < 4.78 is 38.3. The summed E-state index contributed by atoms with van der Waals surface area (Å²) in [4.78, 5) is 11.5. The summed E-state index contributed by atoms with van der Waals surface area (Å²) in [5.74, 6) is -2.63. The molecule has 1 aliphatic carbocycles. The van der Waals surface area contributed by atoms with Crippen molar-refractivity contribution in [2.24, 2.45) is 0 Å². The Morgan fingerprint density at radius 1 is 1.19 bits per heavy atom. The van der Waals surface area contributed by atoms with Crippen molar-refractivity contribution in [3.05, 3.63) is 35.4 Å². The molecule has 0 radical (unpaired) electrons. The minimum atomic E-state index is -4.53. The number of aliphatic carboxylic acids is 1. The zero-order valence-corrected chi connectivity index (χ0v) is 11.4. The predicted octanol–water partition coefficient (Wildman–Crippen LogP) is 3.57. The first-order valence-corrected chi connectivity index (χ1v) is 6.86. The summed E-state index contributed by atoms with van der Waals surface area (Å²) in [6.07, 6.45) is -1.69. The van der Waals surface area contributed by atoms with Gasteiger partial charge in [0.1, 0.15) is 5.92 Å². The van der Waals surface area contributed by atoms with Crippen LogP contribution in [-0.4, -0.2) is 21.8 Å². The molecule has 0 heterocycles. The van der Waals surface area contributed by atoms with Gasteiger partial charge in [0, 0.05) is 0 Å². The normalized spacial score (nSPS) is 20.0. The molecule has 0 aliphatic heterocycles. The van der Waals surface area contributed by atoms with Gasteiger partial charge in [-0.05, 0) is 24.5 Å². The number of carboxylic acids is 1. The number of carboxylic acid groups (broad SMARTS) is 1. The quantitative estimate of drug-likeness (QED) is 0.897. The average molecular weight is 302 g/mol. The van der Waals surface area contributed by atoms with E-state index in [4.69, 9.17) is 0 Å². The van der Waals surface area contributed by atoms with Crippen molar-refractivity contribution in [2.75, 3.05) is 0 Å². The molecule has 0 bridgehead atoms. The Balaban J connectivity index is 2.41. The van der Waals surface area contributed by atoms with Crippen LogP contribution < -0.4 is 0 Å². The van der Waals surface area contributed by atoms with Crippen molar-refractivity contribution in [1.29, 1.82) is 0 Å². The van der Waals surface area contributed by atoms with Crippen LogP contribution in [0, 0.1) is 0 Å². The number of halogens is 3. The van der Waals surface area contributed by atoms with Crippen molar-refractivity contribution < 1.29 is 28.2 Å². The highest BCUT2D eigenvalue weighted by Gasteiger charge is 2.44. The van der Waals surface area contributed by atoms with Gasteiger partial charge in [-0.25, -0.2) is 0 Å². The van der Waals surface area contributed by atoms with Gasteiger partial charge in [-0.2, -0.15) is 13.2 Å². The van der Waals surface area contributed by atoms with Crippen LogP contribution >= 0.6 is 0 Å². The van der Waals surface area contributed by atoms with Gasteiger partial charge in [0.2, 0.25) is 0 Å². The molecule has 1 saturated carbocycles. The Morgan fingerprint density at radius 2 is 1.81 bits per heavy atom. The smallest absolute Gasteiger partial charge is 0.416 e. The minimum absolute atomic E-state index is 0.00160. The van der Waals surface area contributed by atoms with Crippen molar-refractivity contribution >= 4 is 5.97 Å². The molecule has 0 amide bonds. The summed E-state index contributed by atoms with van der Waals surface area (Å²) in [5.41, 5.74) is -2.37. The van der Waals surface area contributed by atoms with Crippen molar-refractivity contribution in [2.45, 2.75) is 49.8 Å². The molecule has 1 fully saturated rings. The largest absolute Gasteiger partial charge is 0.481 e. The van der Waals surface area contributed by atoms with Crippen LogP contribution in [-0.2, 0) is 11.0 Å². The second-order valence-electron chi connectivity index (χ2n) is 5.56. The molecule has 2 N–H and O–H groups in total. The van der Waals surface area contributed by atoms with E-state index in [9.17, 15) is 28.2 Å². The number of alkyl halides is 3. The minimum Gasteiger partial charge on any atom is -0.481 e. The maximum atomic E-state index is 12.8. The molecule has 2 rings (SSSR count). The van der Waals surface area contributed by atoms with Gasteiger partial charge in [-0.3, -0.25) is 4.79 Å². The first-order chi connectivity index (χ1) is 9.74. The first-order valence-electron chi connectivity index (χ1n) is 6.86. The van der Waals surface area contributed by atoms with Gasteiger partial charge in [-0.15, -0.1) is 0 Å². The molecule has 21 heavy (non-hydrogen) atoms. The Morgan fingerprint density at radius 3 is 2.33 bits per heavy atom. The van der Waals surface area contributed by atoms with Gasteiger partial charge in [-0.1, -0.05) is 37.5 Å². The van der Waals surface area contributed by atoms with Crippen LogP contribution in [0.15, 0.2) is 24.3 Å². The van der Waals surface area contributed by atoms with E-state index in [0.29, 0.717) is 25.7 Å². The maximum absolute atomic E-state index is 12.8. The number of hydrogen-bond donors (Lipinski definition) is 2. The fourth-order valence-electron chi connectivity index (χ4n) is 3.03. The summed E-state index contributed by atoms with van der Waals surface area (Å²) in [7, 11) is 0. The fourth-order valence-corrected chi connectivity index (χ4v) is 3.03. The highest BCUT2D eigenvalue weighted by molar-refractivity contribution is 5.78. The molecule has 6 heteroatoms. The summed E-state index contributed by atoms with van der Waals surface area (Å²) in [6, 6.07) is 4.24. The second kappa shape index (κ2) is 5.67. The molecule has 116 valence electrons. The highest BCUT2D eigenvalue weighted by Crippen LogP contribution is 2.41. The lowest BCUT2D eigenvalue weighted by molar-refractivity contribution is -0.148. The topological polar surface area (TPSA) is 57.5 Å². The number of rotatable bonds is 3. The van der Waals surface area contributed by atoms with Crippen molar-refractivity contribution in [1.82, 2.24) is 0 Å². The third kappa shape index (κ3) is 3.37. The van der Waals surface area contributed by atoms with Gasteiger partial charge in [0.05, 0.1) is 11.2 Å². The van der Waals surface area contributed by atoms with Gasteiger partial charge >= 0.3 is 12.1 Å². The SMILES string of the molecule is O=C(O)[C@H](c1cccc(C(F)(F)F)c1)C1(O)CCCCC1. The van der Waals surface area contributed by atoms with Gasteiger partial charge < -0.3 is 10.2 Å². The number of carbonyl (C=O) groups is 1. The van der Waals surface area contributed by atoms with Crippen LogP contribution in [0.25, 0.3) is 0 Å². The zero-order valence-electron chi connectivity index (χ0n) is 11.4. The first kappa shape index (κ1) is 15.8. The Hall–Kier alpha value is -1.56. The molecule has 3 nitrogen and oxygen atoms in total. The molecule has 0 saturated heterocycles. The van der Waals surface area contributed by atoms with Crippen LogP contribution in [0.5, 0.6) is 0 Å². The maximum Gasteiger partial charge on any atom is 0.416 e. The van der Waals surface area contributed by atoms with Crippen molar-refractivity contribution in [3.63, 3.8) is 0 Å². The van der Waals surface area contributed by atoms with Gasteiger partial charge in [0.15, 0.2) is 0 Å². The third-order valence-electron chi connectivity index (χ3n) is 4.05. The van der Waals surface area contributed by atoms with Crippen LogP contribution in [0.4, 0.5) is 13.2 Å². The lowest BCUT2D eigenvalue weighted by Crippen LogP contribution is -2.42. The van der Waals surface area contributed by atoms with E-state index < -0.39 is 29.2 Å². The zero-order chi connectivity index (χ0) is 15.7. The third-order valence-corrected chi connectivity index (χ3v) is 4.05. The van der Waals surface area contributed by atoms with E-state index in [2.05, 4.69) is 0 Å². The lowest BCUT2D eigenvalue weighted by Gasteiger charge is -2.37. The predicted molar refractivity (Wildman–Crippen MR) is 69.9 cm³/mol. The van der Waals surface area contributed by atoms with E-state index in [1.165, 1.54) is 12.1 Å². The van der Waals surface area contributed by atoms with Crippen LogP contribution in [0.3, 0.4) is 0 Å². The van der Waals surface area contributed by atoms with Crippen LogP contribution in [0.1, 0.15) is 49.1 Å². The molecule has 1 atom stereocenters. The van der Waals surface area contributed by atoms with E-state index in [1.54, 1.807) is 0 Å². The lowest BCUT2D eigenvalue weighted by atomic mass is 9.72. The van der Waals surface area contributed by atoms with E-state index in [-0.39, 0.29) is 5.56 Å². The second-order valence-corrected chi connectivity index (χ2v) is 5.56. The monoisotopic (exact) mass is 302 g/mol. The molecule has 0 unspecified atom stereocenters. The average Bonchev–Trinajstić information content (AvgIpc) is 2.38. The Kier molecular flexibility index (Phi) is 4.27. The number of benzene rings is 1. The molecular formula is C15H17F3O3. The molecule has 0 spiro atoms. The summed E-state index contributed by atoms with van der Waals surface area (Å²) in [6.45, 7) is 0. The molecule has 1 aliphatic rings. The van der Waals surface area contributed by atoms with Crippen molar-refractivity contribution in [3.8, 4) is 0 Å². The molecule has 0 aromatic heterocycles. The Labute approximate surface area is 120 Å². The molecule has 1 aromatic rings. The standard InChI is InChI=1S/C15H17F3O3/c16-15(17,18)11-6-4-5-10(9-11)12(13(19)20)14(21)7-2-1-3-8-14/h4-6,9,12,21H,1-3,7-8H2,(H,19,20)/t12-/m0/s1. The van der Waals surface area contributed by atoms with E-state index >= 15 is 0 Å². The van der Waals surface area contributed by atoms with E-state index in [0.717, 1.165) is 18.6 Å². The summed E-state index contributed by atoms with van der Waals surface area (Å²) in [5, 5.41) is 20.0. The van der Waals surface area contributed by atoms with Gasteiger partial charge in [0.25, 0.3) is 0 Å². The highest BCUT2D eigenvalue weighted by atomic mass is 19.4. The molecule has 1 aromatic carbocycles. The van der Waals surface area contributed by atoms with E-state index in [1.807, 2.05) is 0 Å². The Bertz CT molecular complexity index is 519. The fraction of sp³-hybridized carbons (Fsp3) is 0.533. The number of hydrogen-bond acceptors (Lipinski definition) is 2. The van der Waals surface area contributed by atoms with Crippen LogP contribution in [0.2, 0.25) is 0 Å².